The average molecular weight is 572 g/mol. The molecule has 0 aromatic heterocycles. The predicted octanol–water partition coefficient (Wildman–Crippen LogP) is 1.33. The van der Waals surface area contributed by atoms with Crippen LogP contribution in [-0.4, -0.2) is 84.5 Å². The number of carbonyl (C=O) groups is 3. The van der Waals surface area contributed by atoms with Gasteiger partial charge in [-0.05, 0) is 70.3 Å². The first kappa shape index (κ1) is 29.3. The van der Waals surface area contributed by atoms with Gasteiger partial charge in [0.1, 0.15) is 11.8 Å². The molecule has 7 atom stereocenters. The maximum atomic E-state index is 13.2. The molecule has 2 aliphatic carbocycles. The topological polar surface area (TPSA) is 150 Å². The number of benzene rings is 1. The van der Waals surface area contributed by atoms with Crippen LogP contribution >= 0.6 is 0 Å². The third kappa shape index (κ3) is 4.58. The van der Waals surface area contributed by atoms with E-state index >= 15 is 0 Å². The molecule has 1 aromatic rings. The molecule has 1 amide bonds. The van der Waals surface area contributed by atoms with Crippen molar-refractivity contribution in [2.45, 2.75) is 94.7 Å². The molecule has 41 heavy (non-hydrogen) atoms. The summed E-state index contributed by atoms with van der Waals surface area (Å²) >= 11 is 0. The van der Waals surface area contributed by atoms with Crippen molar-refractivity contribution in [1.29, 1.82) is 0 Å². The van der Waals surface area contributed by atoms with Crippen molar-refractivity contribution in [3.05, 3.63) is 35.1 Å². The van der Waals surface area contributed by atoms with E-state index in [0.717, 1.165) is 17.7 Å². The van der Waals surface area contributed by atoms with Crippen LogP contribution in [0.3, 0.4) is 0 Å². The number of likely N-dealkylation sites (tertiary alicyclic amines) is 1. The van der Waals surface area contributed by atoms with Gasteiger partial charge in [-0.3, -0.25) is 4.79 Å². The third-order valence-electron chi connectivity index (χ3n) is 9.18. The van der Waals surface area contributed by atoms with Crippen molar-refractivity contribution in [3.8, 4) is 11.5 Å². The zero-order valence-electron chi connectivity index (χ0n) is 24.6. The fraction of sp³-hybridized carbons (Fsp3) is 0.633. The average Bonchev–Trinajstić information content (AvgIpc) is 3.27. The van der Waals surface area contributed by atoms with Gasteiger partial charge in [-0.25, -0.2) is 9.59 Å². The molecule has 5 rings (SSSR count). The highest BCUT2D eigenvalue weighted by Crippen LogP contribution is 2.65. The zero-order valence-corrected chi connectivity index (χ0v) is 24.6. The molecule has 1 aromatic carbocycles. The molecule has 224 valence electrons. The number of carbonyl (C=O) groups excluding carboxylic acids is 3. The van der Waals surface area contributed by atoms with Crippen molar-refractivity contribution >= 4 is 17.8 Å². The van der Waals surface area contributed by atoms with Crippen molar-refractivity contribution in [1.82, 2.24) is 10.2 Å². The summed E-state index contributed by atoms with van der Waals surface area (Å²) in [7, 11) is 3.59. The molecule has 1 fully saturated rings. The van der Waals surface area contributed by atoms with Crippen molar-refractivity contribution in [2.24, 2.45) is 11.7 Å². The van der Waals surface area contributed by atoms with Crippen LogP contribution in [0.2, 0.25) is 0 Å². The van der Waals surface area contributed by atoms with Crippen LogP contribution in [0.5, 0.6) is 11.5 Å². The lowest BCUT2D eigenvalue weighted by molar-refractivity contribution is -0.176. The van der Waals surface area contributed by atoms with Crippen LogP contribution < -0.4 is 20.5 Å². The van der Waals surface area contributed by atoms with Crippen molar-refractivity contribution in [3.63, 3.8) is 0 Å². The number of methoxy groups -OCH3 is 1. The second-order valence-corrected chi connectivity index (χ2v) is 12.3. The molecular formula is C30H41N3O8. The third-order valence-corrected chi connectivity index (χ3v) is 9.18. The van der Waals surface area contributed by atoms with Gasteiger partial charge in [0.25, 0.3) is 0 Å². The first-order valence-corrected chi connectivity index (χ1v) is 14.3. The van der Waals surface area contributed by atoms with E-state index in [4.69, 9.17) is 24.7 Å². The summed E-state index contributed by atoms with van der Waals surface area (Å²) in [5, 5.41) is 14.8. The van der Waals surface area contributed by atoms with Crippen LogP contribution in [0, 0.1) is 5.92 Å². The van der Waals surface area contributed by atoms with E-state index in [0.29, 0.717) is 30.8 Å². The molecule has 1 saturated heterocycles. The predicted molar refractivity (Wildman–Crippen MR) is 148 cm³/mol. The van der Waals surface area contributed by atoms with E-state index in [9.17, 15) is 19.5 Å². The largest absolute Gasteiger partial charge is 0.493 e. The Hall–Kier alpha value is -3.15. The number of esters is 2. The maximum absolute atomic E-state index is 13.2. The lowest BCUT2D eigenvalue weighted by Gasteiger charge is -2.61. The van der Waals surface area contributed by atoms with Crippen LogP contribution in [0.25, 0.3) is 0 Å². The highest BCUT2D eigenvalue weighted by atomic mass is 16.6. The molecule has 0 radical (unpaired) electrons. The standard InChI is InChI=1S/C30H41N3O8/c1-15(2)13-19(31)26(34)32-16(3)27(35)39-17(4)28(36)40-21-9-10-30(37)22-14-18-7-8-20(38-6)24-23(18)29(30,25(21)41-24)11-12-33(22)5/h7-9,15-17,19,22,25,37H,10-14,31H2,1-6H3,(H,32,34)/t16-,17-,19-,22-,25+,29+,30-/m0/s1. The smallest absolute Gasteiger partial charge is 0.352 e. The Balaban J connectivity index is 1.33. The Bertz CT molecular complexity index is 1280. The Labute approximate surface area is 240 Å². The summed E-state index contributed by atoms with van der Waals surface area (Å²) < 4.78 is 23.3. The summed E-state index contributed by atoms with van der Waals surface area (Å²) in [6, 6.07) is 2.01. The summed E-state index contributed by atoms with van der Waals surface area (Å²) in [6.45, 7) is 7.52. The monoisotopic (exact) mass is 571 g/mol. The Morgan fingerprint density at radius 1 is 1.22 bits per heavy atom. The van der Waals surface area contributed by atoms with Crippen molar-refractivity contribution in [2.75, 3.05) is 20.7 Å². The van der Waals surface area contributed by atoms with E-state index < -0.39 is 53.2 Å². The maximum Gasteiger partial charge on any atom is 0.352 e. The van der Waals surface area contributed by atoms with E-state index in [2.05, 4.69) is 10.2 Å². The van der Waals surface area contributed by atoms with Gasteiger partial charge in [-0.15, -0.1) is 0 Å². The van der Waals surface area contributed by atoms with Gasteiger partial charge in [0, 0.05) is 18.0 Å². The SMILES string of the molecule is COc1ccc2c3c1O[C@@H]1C(OC(=O)[C@H](C)OC(=O)[C@H](C)NC(=O)[C@@H](N)CC(C)C)=CC[C@]4(O)[C@H](C2)N(C)CC[C@@]314. The Morgan fingerprint density at radius 3 is 2.63 bits per heavy atom. The number of nitrogens with zero attached hydrogens (tertiary/aromatic N) is 1. The fourth-order valence-electron chi connectivity index (χ4n) is 7.11. The van der Waals surface area contributed by atoms with Crippen LogP contribution in [-0.2, 0) is 35.7 Å². The summed E-state index contributed by atoms with van der Waals surface area (Å²) in [4.78, 5) is 40.3. The number of rotatable bonds is 9. The minimum Gasteiger partial charge on any atom is -0.493 e. The second kappa shape index (κ2) is 10.6. The molecule has 0 saturated carbocycles. The number of aliphatic hydroxyl groups is 1. The molecule has 1 spiro atoms. The quantitative estimate of drug-likeness (QED) is 0.371. The summed E-state index contributed by atoms with van der Waals surface area (Å²) in [5.74, 6) is -0.407. The molecule has 2 heterocycles. The highest BCUT2D eigenvalue weighted by molar-refractivity contribution is 5.88. The number of hydrogen-bond donors (Lipinski definition) is 3. The van der Waals surface area contributed by atoms with Gasteiger partial charge in [0.05, 0.1) is 24.2 Å². The molecule has 2 bridgehead atoms. The lowest BCUT2D eigenvalue weighted by atomic mass is 9.50. The Morgan fingerprint density at radius 2 is 1.95 bits per heavy atom. The zero-order chi connectivity index (χ0) is 29.9. The van der Waals surface area contributed by atoms with Gasteiger partial charge in [0.15, 0.2) is 23.7 Å². The van der Waals surface area contributed by atoms with E-state index in [1.54, 1.807) is 13.2 Å². The van der Waals surface area contributed by atoms with E-state index in [-0.39, 0.29) is 24.1 Å². The van der Waals surface area contributed by atoms with Crippen molar-refractivity contribution < 1.29 is 38.4 Å². The molecule has 2 aliphatic heterocycles. The number of ether oxygens (including phenoxy) is 4. The van der Waals surface area contributed by atoms with Crippen LogP contribution in [0.15, 0.2) is 24.0 Å². The number of nitrogens with two attached hydrogens (primary N) is 1. The molecule has 4 N–H and O–H groups in total. The number of likely N-dealkylation sites (N-methyl/N-ethyl adjacent to an activating group) is 1. The highest BCUT2D eigenvalue weighted by Gasteiger charge is 2.72. The number of piperidine rings is 1. The van der Waals surface area contributed by atoms with E-state index in [1.165, 1.54) is 13.8 Å². The number of nitrogens with one attached hydrogen (secondary N) is 1. The fourth-order valence-corrected chi connectivity index (χ4v) is 7.11. The van der Waals surface area contributed by atoms with Gasteiger partial charge in [-0.2, -0.15) is 0 Å². The molecule has 11 heteroatoms. The summed E-state index contributed by atoms with van der Waals surface area (Å²) in [6.07, 6.45) is 1.72. The molecular weight excluding hydrogens is 530 g/mol. The van der Waals surface area contributed by atoms with Gasteiger partial charge in [-0.1, -0.05) is 19.9 Å². The van der Waals surface area contributed by atoms with Gasteiger partial charge >= 0.3 is 11.9 Å². The lowest BCUT2D eigenvalue weighted by Crippen LogP contribution is -2.74. The Kier molecular flexibility index (Phi) is 7.59. The molecule has 4 aliphatic rings. The molecule has 11 nitrogen and oxygen atoms in total. The first-order chi connectivity index (χ1) is 19.3. The van der Waals surface area contributed by atoms with Gasteiger partial charge in [0.2, 0.25) is 5.91 Å². The van der Waals surface area contributed by atoms with Crippen LogP contribution in [0.1, 0.15) is 58.1 Å². The van der Waals surface area contributed by atoms with E-state index in [1.807, 2.05) is 33.0 Å². The second-order valence-electron chi connectivity index (χ2n) is 12.3. The first-order valence-electron chi connectivity index (χ1n) is 14.3. The minimum absolute atomic E-state index is 0.132. The summed E-state index contributed by atoms with van der Waals surface area (Å²) in [5.41, 5.74) is 5.96. The number of hydrogen-bond acceptors (Lipinski definition) is 10. The minimum atomic E-state index is -1.25. The normalized spacial score (nSPS) is 29.8. The van der Waals surface area contributed by atoms with Gasteiger partial charge < -0.3 is 40.0 Å². The van der Waals surface area contributed by atoms with Crippen LogP contribution in [0.4, 0.5) is 0 Å². The molecule has 0 unspecified atom stereocenters. The number of amides is 1.